The molecule has 4 aromatic rings. The molecule has 0 atom stereocenters. The van der Waals surface area contributed by atoms with E-state index in [0.29, 0.717) is 23.0 Å². The number of fused-ring (bicyclic) bond motifs is 1. The van der Waals surface area contributed by atoms with E-state index in [2.05, 4.69) is 20.8 Å². The molecule has 2 heterocycles. The second kappa shape index (κ2) is 9.86. The van der Waals surface area contributed by atoms with Gasteiger partial charge in [-0.25, -0.2) is 4.68 Å². The number of hydrogen-bond donors (Lipinski definition) is 1. The van der Waals surface area contributed by atoms with E-state index in [0.717, 1.165) is 28.7 Å². The highest BCUT2D eigenvalue weighted by molar-refractivity contribution is 7.99. The van der Waals surface area contributed by atoms with Crippen LogP contribution in [0.3, 0.4) is 0 Å². The molecule has 0 saturated heterocycles. The Morgan fingerprint density at radius 1 is 1.15 bits per heavy atom. The summed E-state index contributed by atoms with van der Waals surface area (Å²) in [4.78, 5) is 26.9. The van der Waals surface area contributed by atoms with Crippen molar-refractivity contribution in [2.24, 2.45) is 7.05 Å². The van der Waals surface area contributed by atoms with Crippen LogP contribution in [0.5, 0.6) is 0 Å². The molecule has 0 saturated carbocycles. The van der Waals surface area contributed by atoms with Crippen molar-refractivity contribution in [1.82, 2.24) is 25.1 Å². The van der Waals surface area contributed by atoms with Crippen LogP contribution in [-0.2, 0) is 24.8 Å². The summed E-state index contributed by atoms with van der Waals surface area (Å²) in [5.74, 6) is 0.781. The Balaban J connectivity index is 1.38. The molecule has 2 aromatic carbocycles. The quantitative estimate of drug-likeness (QED) is 0.398. The zero-order valence-electron chi connectivity index (χ0n) is 18.6. The maximum atomic E-state index is 13.0. The van der Waals surface area contributed by atoms with Gasteiger partial charge >= 0.3 is 0 Å². The lowest BCUT2D eigenvalue weighted by atomic mass is 10.1. The Bertz CT molecular complexity index is 1280. The summed E-state index contributed by atoms with van der Waals surface area (Å²) in [6, 6.07) is 14.7. The number of thioether (sulfide) groups is 1. The van der Waals surface area contributed by atoms with Gasteiger partial charge in [0.2, 0.25) is 11.1 Å². The fourth-order valence-corrected chi connectivity index (χ4v) is 4.15. The van der Waals surface area contributed by atoms with Crippen molar-refractivity contribution in [1.29, 1.82) is 0 Å². The number of aromatic nitrogens is 4. The number of aryl methyl sites for hydroxylation is 2. The first-order chi connectivity index (χ1) is 16.0. The number of rotatable bonds is 8. The van der Waals surface area contributed by atoms with Gasteiger partial charge in [-0.05, 0) is 40.8 Å². The van der Waals surface area contributed by atoms with E-state index in [4.69, 9.17) is 4.42 Å². The topological polar surface area (TPSA) is 106 Å². The van der Waals surface area contributed by atoms with Gasteiger partial charge in [0.05, 0.1) is 5.75 Å². The molecule has 0 aliphatic rings. The Morgan fingerprint density at radius 3 is 2.61 bits per heavy atom. The Hall–Kier alpha value is -3.66. The van der Waals surface area contributed by atoms with Crippen LogP contribution < -0.4 is 5.32 Å². The number of tetrazole rings is 1. The maximum Gasteiger partial charge on any atom is 0.253 e. The molecule has 0 fully saturated rings. The van der Waals surface area contributed by atoms with Crippen molar-refractivity contribution in [2.45, 2.75) is 25.0 Å². The fraction of sp³-hybridized carbons (Fsp3) is 0.261. The number of carbonyl (C=O) groups excluding carboxylic acids is 2. The van der Waals surface area contributed by atoms with Gasteiger partial charge < -0.3 is 14.6 Å². The molecule has 0 radical (unpaired) electrons. The van der Waals surface area contributed by atoms with Crippen LogP contribution in [0.4, 0.5) is 5.69 Å². The number of amides is 2. The number of anilines is 1. The van der Waals surface area contributed by atoms with Gasteiger partial charge in [0, 0.05) is 49.3 Å². The molecule has 10 heteroatoms. The predicted octanol–water partition coefficient (Wildman–Crippen LogP) is 3.52. The van der Waals surface area contributed by atoms with Crippen molar-refractivity contribution in [3.63, 3.8) is 0 Å². The van der Waals surface area contributed by atoms with Crippen LogP contribution in [0, 0.1) is 0 Å². The van der Waals surface area contributed by atoms with Crippen LogP contribution in [0.25, 0.3) is 11.0 Å². The monoisotopic (exact) mass is 464 g/mol. The zero-order chi connectivity index (χ0) is 23.4. The van der Waals surface area contributed by atoms with E-state index in [1.54, 1.807) is 43.3 Å². The minimum absolute atomic E-state index is 0.106. The zero-order valence-corrected chi connectivity index (χ0v) is 19.4. The minimum atomic E-state index is -0.182. The highest BCUT2D eigenvalue weighted by Crippen LogP contribution is 2.27. The average Bonchev–Trinajstić information content (AvgIpc) is 3.40. The van der Waals surface area contributed by atoms with Crippen molar-refractivity contribution in [3.05, 3.63) is 65.4 Å². The van der Waals surface area contributed by atoms with Crippen LogP contribution >= 0.6 is 11.8 Å². The van der Waals surface area contributed by atoms with Gasteiger partial charge in [-0.3, -0.25) is 9.59 Å². The van der Waals surface area contributed by atoms with Crippen LogP contribution in [-0.4, -0.2) is 49.7 Å². The lowest BCUT2D eigenvalue weighted by Gasteiger charge is -2.18. The number of carbonyl (C=O) groups is 2. The minimum Gasteiger partial charge on any atom is -0.461 e. The van der Waals surface area contributed by atoms with Gasteiger partial charge in [-0.2, -0.15) is 0 Å². The first-order valence-corrected chi connectivity index (χ1v) is 11.4. The van der Waals surface area contributed by atoms with E-state index in [-0.39, 0.29) is 17.6 Å². The van der Waals surface area contributed by atoms with Gasteiger partial charge in [0.1, 0.15) is 11.3 Å². The number of furan rings is 1. The maximum absolute atomic E-state index is 13.0. The van der Waals surface area contributed by atoms with Gasteiger partial charge in [-0.1, -0.05) is 36.9 Å². The fourth-order valence-electron chi connectivity index (χ4n) is 3.50. The highest BCUT2D eigenvalue weighted by Gasteiger charge is 2.18. The lowest BCUT2D eigenvalue weighted by Crippen LogP contribution is -2.26. The number of nitrogens with zero attached hydrogens (tertiary/aromatic N) is 5. The lowest BCUT2D eigenvalue weighted by molar-refractivity contribution is -0.113. The van der Waals surface area contributed by atoms with Gasteiger partial charge in [0.25, 0.3) is 5.91 Å². The molecule has 2 aromatic heterocycles. The molecule has 2 amide bonds. The molecular weight excluding hydrogens is 440 g/mol. The highest BCUT2D eigenvalue weighted by atomic mass is 32.2. The van der Waals surface area contributed by atoms with Gasteiger partial charge in [0.15, 0.2) is 0 Å². The van der Waals surface area contributed by atoms with Crippen LogP contribution in [0.2, 0.25) is 0 Å². The normalized spacial score (nSPS) is 11.0. The third kappa shape index (κ3) is 5.06. The Morgan fingerprint density at radius 2 is 1.91 bits per heavy atom. The summed E-state index contributed by atoms with van der Waals surface area (Å²) in [7, 11) is 3.49. The van der Waals surface area contributed by atoms with E-state index in [1.807, 2.05) is 31.2 Å². The van der Waals surface area contributed by atoms with E-state index >= 15 is 0 Å². The van der Waals surface area contributed by atoms with Crippen LogP contribution in [0.15, 0.2) is 58.1 Å². The smallest absolute Gasteiger partial charge is 0.253 e. The molecule has 0 aliphatic heterocycles. The molecule has 33 heavy (non-hydrogen) atoms. The molecular formula is C23H24N6O3S. The first-order valence-electron chi connectivity index (χ1n) is 10.5. The van der Waals surface area contributed by atoms with Crippen molar-refractivity contribution in [3.8, 4) is 0 Å². The Kier molecular flexibility index (Phi) is 6.74. The summed E-state index contributed by atoms with van der Waals surface area (Å²) < 4.78 is 7.45. The van der Waals surface area contributed by atoms with Gasteiger partial charge in [-0.15, -0.1) is 5.10 Å². The van der Waals surface area contributed by atoms with Crippen molar-refractivity contribution in [2.75, 3.05) is 18.1 Å². The second-order valence-electron chi connectivity index (χ2n) is 7.51. The van der Waals surface area contributed by atoms with Crippen LogP contribution in [0.1, 0.15) is 28.6 Å². The number of hydrogen-bond acceptors (Lipinski definition) is 7. The predicted molar refractivity (Wildman–Crippen MR) is 126 cm³/mol. The van der Waals surface area contributed by atoms with Crippen molar-refractivity contribution >= 4 is 40.2 Å². The molecule has 0 bridgehead atoms. The number of para-hydroxylation sites is 1. The average molecular weight is 465 g/mol. The summed E-state index contributed by atoms with van der Waals surface area (Å²) in [6.07, 6.45) is 0.756. The molecule has 0 aliphatic carbocycles. The number of benzene rings is 2. The Labute approximate surface area is 195 Å². The van der Waals surface area contributed by atoms with E-state index in [9.17, 15) is 9.59 Å². The number of nitrogens with one attached hydrogen (secondary N) is 1. The first kappa shape index (κ1) is 22.5. The third-order valence-corrected chi connectivity index (χ3v) is 6.18. The summed E-state index contributed by atoms with van der Waals surface area (Å²) in [5, 5.41) is 15.5. The summed E-state index contributed by atoms with van der Waals surface area (Å²) >= 11 is 1.24. The third-order valence-electron chi connectivity index (χ3n) is 5.17. The molecule has 170 valence electrons. The van der Waals surface area contributed by atoms with E-state index in [1.165, 1.54) is 16.4 Å². The molecule has 1 N–H and O–H groups in total. The summed E-state index contributed by atoms with van der Waals surface area (Å²) in [5.41, 5.74) is 3.02. The standard InChI is InChI=1S/C23H24N6O3S/c1-4-19-18(17-7-5-6-8-20(17)32-19)13-28(2)22(31)15-9-11-16(12-10-15)24-21(30)14-33-23-25-26-27-29(23)3/h5-12H,4,13-14H2,1-3H3,(H,24,30). The largest absolute Gasteiger partial charge is 0.461 e. The second-order valence-corrected chi connectivity index (χ2v) is 8.46. The molecule has 4 rings (SSSR count). The molecule has 0 spiro atoms. The summed E-state index contributed by atoms with van der Waals surface area (Å²) in [6.45, 7) is 2.49. The molecule has 9 nitrogen and oxygen atoms in total. The van der Waals surface area contributed by atoms with Crippen molar-refractivity contribution < 1.29 is 14.0 Å². The molecule has 0 unspecified atom stereocenters. The SMILES string of the molecule is CCc1oc2ccccc2c1CN(C)C(=O)c1ccc(NC(=O)CSc2nnnn2C)cc1. The van der Waals surface area contributed by atoms with E-state index < -0.39 is 0 Å².